The number of carbonyl (C=O) groups excluding carboxylic acids is 5. The van der Waals surface area contributed by atoms with Gasteiger partial charge in [-0.2, -0.15) is 0 Å². The predicted octanol–water partition coefficient (Wildman–Crippen LogP) is 3.70. The predicted molar refractivity (Wildman–Crippen MR) is 180 cm³/mol. The van der Waals surface area contributed by atoms with E-state index in [2.05, 4.69) is 35.1 Å². The van der Waals surface area contributed by atoms with Gasteiger partial charge < -0.3 is 30.3 Å². The van der Waals surface area contributed by atoms with Gasteiger partial charge in [0.2, 0.25) is 17.6 Å². The van der Waals surface area contributed by atoms with Gasteiger partial charge in [-0.1, -0.05) is 32.0 Å². The van der Waals surface area contributed by atoms with Crippen molar-refractivity contribution >= 4 is 46.1 Å². The van der Waals surface area contributed by atoms with E-state index >= 15 is 0 Å². The number of furan rings is 1. The molecule has 0 radical (unpaired) electrons. The molecule has 2 bridgehead atoms. The Morgan fingerprint density at radius 2 is 1.73 bits per heavy atom. The third-order valence-corrected chi connectivity index (χ3v) is 9.82. The van der Waals surface area contributed by atoms with Crippen molar-refractivity contribution < 1.29 is 28.4 Å². The standard InChI is InChI=1S/C36H45N5O7/c1-21-14-23-16-24(15-21)18-36(3,17-23)20-38-30(43)19-41-13-7-9-27(35(41)47)40-32(44)26(11-12-28(42)33(45)37-4)39-34(46)31-22(2)25-8-5-6-10-29(25)48-31/h5-10,13,21,23-24,26H,11-12,14-20H2,1-4H3,(H,37,45)(H,38,43)(H,39,46)(H,40,44)/t21?,23?,24?,26-,36?/m0/s1. The molecule has 2 heterocycles. The Kier molecular flexibility index (Phi) is 10.5. The molecule has 2 unspecified atom stereocenters. The molecule has 0 aliphatic heterocycles. The topological polar surface area (TPSA) is 169 Å². The summed E-state index contributed by atoms with van der Waals surface area (Å²) in [6.45, 7) is 6.59. The van der Waals surface area contributed by atoms with Gasteiger partial charge in [0.1, 0.15) is 23.9 Å². The Labute approximate surface area is 279 Å². The minimum atomic E-state index is -1.30. The van der Waals surface area contributed by atoms with E-state index in [1.54, 1.807) is 25.1 Å². The van der Waals surface area contributed by atoms with E-state index in [1.165, 1.54) is 49.2 Å². The fourth-order valence-corrected chi connectivity index (χ4v) is 7.76. The van der Waals surface area contributed by atoms with Crippen LogP contribution in [0.15, 0.2) is 51.8 Å². The molecule has 4 N–H and O–H groups in total. The third-order valence-electron chi connectivity index (χ3n) is 9.82. The summed E-state index contributed by atoms with van der Waals surface area (Å²) in [4.78, 5) is 77.2. The van der Waals surface area contributed by atoms with Crippen LogP contribution >= 0.6 is 0 Å². The minimum absolute atomic E-state index is 0.000409. The second kappa shape index (κ2) is 14.6. The molecule has 3 aromatic rings. The highest BCUT2D eigenvalue weighted by Crippen LogP contribution is 2.49. The molecule has 2 aliphatic carbocycles. The van der Waals surface area contributed by atoms with Gasteiger partial charge in [-0.3, -0.25) is 28.8 Å². The van der Waals surface area contributed by atoms with Crippen LogP contribution in [0.2, 0.25) is 0 Å². The van der Waals surface area contributed by atoms with Crippen LogP contribution in [-0.2, 0) is 25.7 Å². The molecule has 2 fully saturated rings. The van der Waals surface area contributed by atoms with E-state index in [0.717, 1.165) is 24.1 Å². The molecule has 1 aromatic carbocycles. The number of rotatable bonds is 12. The zero-order valence-electron chi connectivity index (χ0n) is 28.0. The number of para-hydroxylation sites is 1. The van der Waals surface area contributed by atoms with Gasteiger partial charge in [0.05, 0.1) is 0 Å². The number of amides is 4. The van der Waals surface area contributed by atoms with E-state index in [0.29, 0.717) is 29.5 Å². The van der Waals surface area contributed by atoms with E-state index < -0.39 is 35.1 Å². The molecule has 2 saturated carbocycles. The number of pyridine rings is 1. The van der Waals surface area contributed by atoms with Crippen LogP contribution in [-0.4, -0.2) is 53.6 Å². The summed E-state index contributed by atoms with van der Waals surface area (Å²) in [6.07, 6.45) is 6.83. The normalized spacial score (nSPS) is 22.4. The molecule has 4 amide bonds. The lowest BCUT2D eigenvalue weighted by Crippen LogP contribution is -2.46. The summed E-state index contributed by atoms with van der Waals surface area (Å²) in [5.74, 6) is -1.22. The second-order valence-corrected chi connectivity index (χ2v) is 14.0. The summed E-state index contributed by atoms with van der Waals surface area (Å²) in [5.41, 5.74) is 0.378. The van der Waals surface area contributed by atoms with Crippen molar-refractivity contribution in [3.05, 3.63) is 64.3 Å². The van der Waals surface area contributed by atoms with Crippen LogP contribution in [0.4, 0.5) is 5.69 Å². The first-order valence-corrected chi connectivity index (χ1v) is 16.7. The monoisotopic (exact) mass is 659 g/mol. The quantitative estimate of drug-likeness (QED) is 0.215. The van der Waals surface area contributed by atoms with Gasteiger partial charge in [0, 0.05) is 37.2 Å². The van der Waals surface area contributed by atoms with Crippen molar-refractivity contribution in [2.24, 2.45) is 23.2 Å². The summed E-state index contributed by atoms with van der Waals surface area (Å²) >= 11 is 0. The average Bonchev–Trinajstić information content (AvgIpc) is 3.38. The van der Waals surface area contributed by atoms with Crippen molar-refractivity contribution in [2.45, 2.75) is 78.3 Å². The summed E-state index contributed by atoms with van der Waals surface area (Å²) < 4.78 is 6.95. The largest absolute Gasteiger partial charge is 0.451 e. The number of nitrogens with one attached hydrogen (secondary N) is 4. The molecule has 5 rings (SSSR count). The van der Waals surface area contributed by atoms with Crippen molar-refractivity contribution in [1.29, 1.82) is 0 Å². The summed E-state index contributed by atoms with van der Waals surface area (Å²) in [6, 6.07) is 8.74. The van der Waals surface area contributed by atoms with E-state index in [1.807, 2.05) is 6.07 Å². The first-order chi connectivity index (χ1) is 22.9. The maximum Gasteiger partial charge on any atom is 0.287 e. The van der Waals surface area contributed by atoms with E-state index in [4.69, 9.17) is 4.42 Å². The molecule has 3 atom stereocenters. The Morgan fingerprint density at radius 3 is 2.42 bits per heavy atom. The number of fused-ring (bicyclic) bond motifs is 3. The van der Waals surface area contributed by atoms with Crippen LogP contribution < -0.4 is 26.8 Å². The van der Waals surface area contributed by atoms with E-state index in [-0.39, 0.29) is 42.2 Å². The number of hydrogen-bond donors (Lipinski definition) is 4. The van der Waals surface area contributed by atoms with Gasteiger partial charge in [-0.15, -0.1) is 0 Å². The number of anilines is 1. The Bertz CT molecular complexity index is 1760. The minimum Gasteiger partial charge on any atom is -0.451 e. The number of aryl methyl sites for hydroxylation is 1. The van der Waals surface area contributed by atoms with Crippen molar-refractivity contribution in [3.63, 3.8) is 0 Å². The smallest absolute Gasteiger partial charge is 0.287 e. The number of carbonyl (C=O) groups is 5. The molecule has 48 heavy (non-hydrogen) atoms. The molecular weight excluding hydrogens is 614 g/mol. The Hall–Kier alpha value is -4.74. The highest BCUT2D eigenvalue weighted by molar-refractivity contribution is 6.36. The van der Waals surface area contributed by atoms with Crippen LogP contribution in [0, 0.1) is 30.1 Å². The molecule has 256 valence electrons. The van der Waals surface area contributed by atoms with Crippen LogP contribution in [0.5, 0.6) is 0 Å². The van der Waals surface area contributed by atoms with Crippen molar-refractivity contribution in [3.8, 4) is 0 Å². The number of hydrogen-bond acceptors (Lipinski definition) is 7. The van der Waals surface area contributed by atoms with E-state index in [9.17, 15) is 28.8 Å². The molecule has 0 spiro atoms. The van der Waals surface area contributed by atoms with Crippen molar-refractivity contribution in [1.82, 2.24) is 20.5 Å². The number of likely N-dealkylation sites (N-methyl/N-ethyl adjacent to an activating group) is 1. The maximum atomic E-state index is 13.5. The SMILES string of the molecule is CNC(=O)C(=O)CC[C@H](NC(=O)c1oc2ccccc2c1C)C(=O)Nc1cccn(CC(=O)NCC2(C)CC3CC(C)CC(C3)C2)c1=O. The zero-order chi connectivity index (χ0) is 34.6. The molecule has 2 aliphatic rings. The number of nitrogens with zero attached hydrogens (tertiary/aromatic N) is 1. The van der Waals surface area contributed by atoms with Gasteiger partial charge in [0.15, 0.2) is 5.76 Å². The Balaban J connectivity index is 1.25. The van der Waals surface area contributed by atoms with Crippen LogP contribution in [0.25, 0.3) is 11.0 Å². The van der Waals surface area contributed by atoms with Gasteiger partial charge in [-0.05, 0) is 86.8 Å². The summed E-state index contributed by atoms with van der Waals surface area (Å²) in [5, 5.41) is 11.2. The number of Topliss-reactive ketones (excluding diaryl/α,β-unsaturated/α-hetero) is 1. The Morgan fingerprint density at radius 1 is 1.02 bits per heavy atom. The van der Waals surface area contributed by atoms with Gasteiger partial charge in [-0.25, -0.2) is 0 Å². The first-order valence-electron chi connectivity index (χ1n) is 16.7. The summed E-state index contributed by atoms with van der Waals surface area (Å²) in [7, 11) is 1.32. The number of benzene rings is 1. The fourth-order valence-electron chi connectivity index (χ4n) is 7.76. The van der Waals surface area contributed by atoms with Crippen LogP contribution in [0.3, 0.4) is 0 Å². The van der Waals surface area contributed by atoms with Crippen LogP contribution in [0.1, 0.15) is 74.9 Å². The molecular formula is C36H45N5O7. The van der Waals surface area contributed by atoms with Gasteiger partial charge >= 0.3 is 0 Å². The number of aromatic nitrogens is 1. The molecule has 2 aromatic heterocycles. The first kappa shape index (κ1) is 34.6. The highest BCUT2D eigenvalue weighted by atomic mass is 16.3. The fraction of sp³-hybridized carbons (Fsp3) is 0.500. The second-order valence-electron chi connectivity index (χ2n) is 14.0. The zero-order valence-corrected chi connectivity index (χ0v) is 28.0. The maximum absolute atomic E-state index is 13.5. The van der Waals surface area contributed by atoms with Crippen molar-refractivity contribution in [2.75, 3.05) is 18.9 Å². The highest BCUT2D eigenvalue weighted by Gasteiger charge is 2.41. The lowest BCUT2D eigenvalue weighted by Gasteiger charge is -2.47. The molecule has 12 heteroatoms. The number of ketones is 1. The lowest BCUT2D eigenvalue weighted by molar-refractivity contribution is -0.137. The van der Waals surface area contributed by atoms with Gasteiger partial charge in [0.25, 0.3) is 17.4 Å². The average molecular weight is 660 g/mol. The lowest BCUT2D eigenvalue weighted by atomic mass is 9.59. The molecule has 0 saturated heterocycles. The third kappa shape index (κ3) is 8.03. The molecule has 12 nitrogen and oxygen atoms in total.